The minimum Gasteiger partial charge on any atom is -0.486 e. The average Bonchev–Trinajstić information content (AvgIpc) is 2.81. The van der Waals surface area contributed by atoms with Crippen molar-refractivity contribution in [3.8, 4) is 11.5 Å². The van der Waals surface area contributed by atoms with E-state index in [9.17, 15) is 9.59 Å². The molecular formula is C24H30ClN3O4. The molecule has 2 amide bonds. The number of carbonyl (C=O) groups is 2. The number of fused-ring (bicyclic) bond motifs is 2. The summed E-state index contributed by atoms with van der Waals surface area (Å²) in [5.74, 6) is 0.864. The highest BCUT2D eigenvalue weighted by Gasteiger charge is 2.31. The first-order valence-electron chi connectivity index (χ1n) is 10.9. The van der Waals surface area contributed by atoms with E-state index in [0.29, 0.717) is 43.4 Å². The van der Waals surface area contributed by atoms with Crippen molar-refractivity contribution in [1.82, 2.24) is 10.6 Å². The van der Waals surface area contributed by atoms with E-state index in [-0.39, 0.29) is 36.2 Å². The maximum absolute atomic E-state index is 13.1. The van der Waals surface area contributed by atoms with Crippen LogP contribution in [0.3, 0.4) is 0 Å². The van der Waals surface area contributed by atoms with Gasteiger partial charge in [-0.05, 0) is 35.6 Å². The van der Waals surface area contributed by atoms with E-state index >= 15 is 0 Å². The van der Waals surface area contributed by atoms with Gasteiger partial charge in [0.15, 0.2) is 11.5 Å². The molecule has 0 aromatic heterocycles. The molecule has 2 aromatic rings. The zero-order valence-electron chi connectivity index (χ0n) is 18.4. The van der Waals surface area contributed by atoms with Crippen LogP contribution in [0, 0.1) is 5.92 Å². The molecule has 0 bridgehead atoms. The summed E-state index contributed by atoms with van der Waals surface area (Å²) < 4.78 is 11.1. The van der Waals surface area contributed by atoms with Crippen LogP contribution in [0.25, 0.3) is 0 Å². The Balaban J connectivity index is 0.00000289. The molecule has 2 heterocycles. The molecule has 32 heavy (non-hydrogen) atoms. The molecule has 2 aliphatic heterocycles. The molecule has 2 aliphatic rings. The van der Waals surface area contributed by atoms with Gasteiger partial charge in [0.05, 0.1) is 6.04 Å². The standard InChI is InChI=1S/C24H29N3O4.ClH/c1-3-15(2)22(24(29)26-18-8-9-20-21(13-18)31-11-10-30-20)27-23(28)19-12-16-6-4-5-7-17(16)14-25-19;/h4-9,13,15,19,22,25H,3,10-12,14H2,1-2H3,(H,26,29)(H,27,28);1H/t15?,19-,22-;/m0./s1. The van der Waals surface area contributed by atoms with Crippen LogP contribution < -0.4 is 25.4 Å². The number of ether oxygens (including phenoxy) is 2. The molecule has 4 rings (SSSR count). The van der Waals surface area contributed by atoms with Crippen molar-refractivity contribution in [2.75, 3.05) is 18.5 Å². The third-order valence-electron chi connectivity index (χ3n) is 6.00. The number of carbonyl (C=O) groups excluding carboxylic acids is 2. The summed E-state index contributed by atoms with van der Waals surface area (Å²) >= 11 is 0. The number of nitrogens with one attached hydrogen (secondary N) is 3. The summed E-state index contributed by atoms with van der Waals surface area (Å²) in [7, 11) is 0. The Morgan fingerprint density at radius 2 is 1.81 bits per heavy atom. The van der Waals surface area contributed by atoms with E-state index in [1.54, 1.807) is 18.2 Å². The quantitative estimate of drug-likeness (QED) is 0.617. The third-order valence-corrected chi connectivity index (χ3v) is 6.00. The van der Waals surface area contributed by atoms with Crippen LogP contribution in [0.1, 0.15) is 31.4 Å². The smallest absolute Gasteiger partial charge is 0.247 e. The molecule has 0 aliphatic carbocycles. The Labute approximate surface area is 194 Å². The van der Waals surface area contributed by atoms with Crippen molar-refractivity contribution < 1.29 is 19.1 Å². The highest BCUT2D eigenvalue weighted by atomic mass is 35.5. The minimum atomic E-state index is -0.635. The van der Waals surface area contributed by atoms with E-state index in [4.69, 9.17) is 9.47 Å². The molecule has 172 valence electrons. The number of hydrogen-bond acceptors (Lipinski definition) is 5. The molecule has 8 heteroatoms. The molecule has 3 N–H and O–H groups in total. The number of hydrogen-bond donors (Lipinski definition) is 3. The normalized spacial score (nSPS) is 18.4. The van der Waals surface area contributed by atoms with Crippen molar-refractivity contribution in [2.45, 2.75) is 45.3 Å². The van der Waals surface area contributed by atoms with Gasteiger partial charge in [-0.2, -0.15) is 0 Å². The van der Waals surface area contributed by atoms with Crippen molar-refractivity contribution in [1.29, 1.82) is 0 Å². The molecule has 0 saturated heterocycles. The van der Waals surface area contributed by atoms with Crippen LogP contribution in [-0.2, 0) is 22.6 Å². The molecule has 2 aromatic carbocycles. The largest absolute Gasteiger partial charge is 0.486 e. The van der Waals surface area contributed by atoms with Gasteiger partial charge in [0.2, 0.25) is 11.8 Å². The summed E-state index contributed by atoms with van der Waals surface area (Å²) in [6, 6.07) is 12.4. The highest BCUT2D eigenvalue weighted by molar-refractivity contribution is 5.98. The molecule has 0 fully saturated rings. The second-order valence-electron chi connectivity index (χ2n) is 8.13. The van der Waals surface area contributed by atoms with Gasteiger partial charge < -0.3 is 25.4 Å². The van der Waals surface area contributed by atoms with Crippen molar-refractivity contribution in [3.05, 3.63) is 53.6 Å². The Hall–Kier alpha value is -2.77. The van der Waals surface area contributed by atoms with Gasteiger partial charge in [-0.25, -0.2) is 0 Å². The lowest BCUT2D eigenvalue weighted by Gasteiger charge is -2.29. The van der Waals surface area contributed by atoms with Gasteiger partial charge in [0, 0.05) is 18.3 Å². The topological polar surface area (TPSA) is 88.7 Å². The number of anilines is 1. The molecule has 3 atom stereocenters. The molecular weight excluding hydrogens is 430 g/mol. The first-order chi connectivity index (χ1) is 15.0. The maximum atomic E-state index is 13.1. The lowest BCUT2D eigenvalue weighted by molar-refractivity contribution is -0.129. The summed E-state index contributed by atoms with van der Waals surface area (Å²) in [5, 5.41) is 9.19. The van der Waals surface area contributed by atoms with Gasteiger partial charge in [-0.1, -0.05) is 44.5 Å². The fourth-order valence-electron chi connectivity index (χ4n) is 3.94. The van der Waals surface area contributed by atoms with Gasteiger partial charge in [0.1, 0.15) is 19.3 Å². The number of rotatable bonds is 6. The van der Waals surface area contributed by atoms with Crippen LogP contribution in [0.5, 0.6) is 11.5 Å². The SMILES string of the molecule is CCC(C)[C@H](NC(=O)[C@@H]1Cc2ccccc2CN1)C(=O)Nc1ccc2c(c1)OCCO2.Cl. The Morgan fingerprint density at radius 1 is 1.09 bits per heavy atom. The zero-order chi connectivity index (χ0) is 21.8. The second-order valence-corrected chi connectivity index (χ2v) is 8.13. The van der Waals surface area contributed by atoms with Gasteiger partial charge >= 0.3 is 0 Å². The Morgan fingerprint density at radius 3 is 2.56 bits per heavy atom. The number of benzene rings is 2. The van der Waals surface area contributed by atoms with Crippen LogP contribution in [0.15, 0.2) is 42.5 Å². The van der Waals surface area contributed by atoms with Crippen molar-refractivity contribution in [2.24, 2.45) is 5.92 Å². The lowest BCUT2D eigenvalue weighted by Crippen LogP contribution is -2.55. The summed E-state index contributed by atoms with van der Waals surface area (Å²) in [6.45, 7) is 5.62. The predicted molar refractivity (Wildman–Crippen MR) is 125 cm³/mol. The Bertz CT molecular complexity index is 968. The van der Waals surface area contributed by atoms with Crippen molar-refractivity contribution >= 4 is 29.9 Å². The van der Waals surface area contributed by atoms with Crippen LogP contribution in [0.2, 0.25) is 0 Å². The molecule has 1 unspecified atom stereocenters. The van der Waals surface area contributed by atoms with E-state index < -0.39 is 6.04 Å². The van der Waals surface area contributed by atoms with Crippen LogP contribution in [0.4, 0.5) is 5.69 Å². The predicted octanol–water partition coefficient (Wildman–Crippen LogP) is 3.06. The molecule has 0 spiro atoms. The first-order valence-corrected chi connectivity index (χ1v) is 10.9. The number of amides is 2. The summed E-state index contributed by atoms with van der Waals surface area (Å²) in [6.07, 6.45) is 1.37. The van der Waals surface area contributed by atoms with E-state index in [0.717, 1.165) is 6.42 Å². The van der Waals surface area contributed by atoms with E-state index in [1.165, 1.54) is 11.1 Å². The number of halogens is 1. The fourth-order valence-corrected chi connectivity index (χ4v) is 3.94. The van der Waals surface area contributed by atoms with Gasteiger partial charge in [0.25, 0.3) is 0 Å². The second kappa shape index (κ2) is 10.7. The monoisotopic (exact) mass is 459 g/mol. The third kappa shape index (κ3) is 5.34. The van der Waals surface area contributed by atoms with E-state index in [1.807, 2.05) is 26.0 Å². The lowest BCUT2D eigenvalue weighted by atomic mass is 9.94. The zero-order valence-corrected chi connectivity index (χ0v) is 19.2. The first kappa shape index (κ1) is 23.9. The fraction of sp³-hybridized carbons (Fsp3) is 0.417. The summed E-state index contributed by atoms with van der Waals surface area (Å²) in [5.41, 5.74) is 2.99. The Kier molecular flexibility index (Phi) is 7.99. The molecule has 0 radical (unpaired) electrons. The maximum Gasteiger partial charge on any atom is 0.247 e. The van der Waals surface area contributed by atoms with Gasteiger partial charge in [-0.15, -0.1) is 12.4 Å². The highest BCUT2D eigenvalue weighted by Crippen LogP contribution is 2.32. The van der Waals surface area contributed by atoms with Gasteiger partial charge in [-0.3, -0.25) is 9.59 Å². The van der Waals surface area contributed by atoms with E-state index in [2.05, 4.69) is 28.1 Å². The van der Waals surface area contributed by atoms with Crippen LogP contribution in [-0.4, -0.2) is 37.1 Å². The molecule has 0 saturated carbocycles. The molecule has 7 nitrogen and oxygen atoms in total. The minimum absolute atomic E-state index is 0. The average molecular weight is 460 g/mol. The van der Waals surface area contributed by atoms with Crippen molar-refractivity contribution in [3.63, 3.8) is 0 Å². The summed E-state index contributed by atoms with van der Waals surface area (Å²) in [4.78, 5) is 26.1. The van der Waals surface area contributed by atoms with Crippen LogP contribution >= 0.6 is 12.4 Å².